The van der Waals surface area contributed by atoms with Gasteiger partial charge in [-0.05, 0) is 132 Å². The van der Waals surface area contributed by atoms with Crippen molar-refractivity contribution >= 4 is 65.4 Å². The van der Waals surface area contributed by atoms with Crippen molar-refractivity contribution in [3.63, 3.8) is 0 Å². The molecule has 5 atom stereocenters. The summed E-state index contributed by atoms with van der Waals surface area (Å²) in [5.41, 5.74) is 5.26. The van der Waals surface area contributed by atoms with Gasteiger partial charge in [0.25, 0.3) is 0 Å². The zero-order valence-electron chi connectivity index (χ0n) is 50.5. The van der Waals surface area contributed by atoms with Crippen LogP contribution in [0.25, 0.3) is 0 Å². The molecule has 29 heteroatoms. The van der Waals surface area contributed by atoms with Gasteiger partial charge in [0.1, 0.15) is 77.3 Å². The predicted molar refractivity (Wildman–Crippen MR) is 309 cm³/mol. The molecule has 0 aliphatic carbocycles. The van der Waals surface area contributed by atoms with Gasteiger partial charge in [0.15, 0.2) is 0 Å². The Hall–Kier alpha value is -9.57. The number of carbonyl (C=O) groups is 11. The summed E-state index contributed by atoms with van der Waals surface area (Å²) in [6.45, 7) is 10.5. The number of primary amides is 1. The predicted octanol–water partition coefficient (Wildman–Crippen LogP) is 4.37. The van der Waals surface area contributed by atoms with E-state index in [1.807, 2.05) is 30.3 Å². The maximum Gasteiger partial charge on any atom is 0.407 e. The number of rotatable bonds is 26. The number of unbranched alkanes of at least 4 members (excludes halogenated alkanes) is 1. The molecule has 0 radical (unpaired) electrons. The van der Waals surface area contributed by atoms with Crippen molar-refractivity contribution < 1.29 is 98.4 Å². The molecule has 8 amide bonds. The lowest BCUT2D eigenvalue weighted by Gasteiger charge is -2.21. The number of aliphatic carboxylic acids is 1. The van der Waals surface area contributed by atoms with Crippen molar-refractivity contribution in [2.24, 2.45) is 5.73 Å². The maximum absolute atomic E-state index is 13.3. The third-order valence-corrected chi connectivity index (χ3v) is 11.3. The van der Waals surface area contributed by atoms with Gasteiger partial charge in [0, 0.05) is 31.7 Å². The molecule has 0 fully saturated rings. The number of carboxylic acid groups (broad SMARTS) is 1. The van der Waals surface area contributed by atoms with E-state index in [1.165, 1.54) is 41.9 Å². The second-order valence-corrected chi connectivity index (χ2v) is 20.6. The Labute approximate surface area is 510 Å². The third kappa shape index (κ3) is 35.6. The number of nitrogens with two attached hydrogens (primary N) is 1. The first-order valence-electron chi connectivity index (χ1n) is 27.4. The van der Waals surface area contributed by atoms with Crippen molar-refractivity contribution in [3.05, 3.63) is 142 Å². The average molecular weight is 1260 g/mol. The van der Waals surface area contributed by atoms with E-state index in [2.05, 4.69) is 43.0 Å². The average Bonchev–Trinajstić information content (AvgIpc) is 3.45. The molecule has 488 valence electrons. The number of carboxylic acids is 1. The molecule has 23 nitrogen and oxygen atoms in total. The SMILES string of the molecule is CC(N)=O.CC(NC(=O)Cc1cc(F)cc(F)c1)C(=O)NCC(=O)O.COC(=O)C(CCCCNC(=O)OC(C)(C)C)NC(=O)C(C)NC(=O)Cc1cc(F)cc(F)c1.COC(=O)C(CCc1ccccc1)NC(=O)C(C)NC(=O)Cc1cc(F)cc(F)c1. The van der Waals surface area contributed by atoms with Gasteiger partial charge in [-0.15, -0.1) is 0 Å². The van der Waals surface area contributed by atoms with Crippen LogP contribution in [0.1, 0.15) is 96.4 Å². The van der Waals surface area contributed by atoms with Gasteiger partial charge in [-0.1, -0.05) is 30.3 Å². The Morgan fingerprint density at radius 3 is 1.19 bits per heavy atom. The number of alkyl carbamates (subject to hydrolysis) is 1. The fourth-order valence-electron chi connectivity index (χ4n) is 7.39. The summed E-state index contributed by atoms with van der Waals surface area (Å²) in [4.78, 5) is 127. The summed E-state index contributed by atoms with van der Waals surface area (Å²) in [6.07, 6.45) is 0.677. The number of carbonyl (C=O) groups excluding carboxylic acids is 10. The standard InChI is InChI=1S/C23H33F2N3O6.C22H24F2N2O4.C13H14F2N2O4.C2H5NO/c1-14(27-19(29)12-15-10-16(24)13-17(25)11-15)20(30)28-18(21(31)33-5)8-6-7-9-26-22(32)34-23(2,3)4;1-14(25-20(27)12-16-10-17(23)13-18(24)11-16)21(28)26-19(22(29)30-2)9-8-15-6-4-3-5-7-15;1-7(13(21)16-6-12(19)20)17-11(18)4-8-2-9(14)5-10(15)3-8;1-2(3)4/h10-11,13-14,18H,6-9,12H2,1-5H3,(H,26,32)(H,27,29)(H,28,30);3-7,10-11,13-14,19H,8-9,12H2,1-2H3,(H,25,27)(H,26,28);2-3,5,7H,4,6H2,1H3,(H,16,21)(H,17,18)(H,19,20);1H3,(H2,3,4). The van der Waals surface area contributed by atoms with Crippen LogP contribution in [0.2, 0.25) is 0 Å². The van der Waals surface area contributed by atoms with Crippen molar-refractivity contribution in [1.82, 2.24) is 37.2 Å². The molecule has 4 rings (SSSR count). The summed E-state index contributed by atoms with van der Waals surface area (Å²) < 4.78 is 93.5. The molecule has 5 unspecified atom stereocenters. The third-order valence-electron chi connectivity index (χ3n) is 11.3. The largest absolute Gasteiger partial charge is 0.480 e. The van der Waals surface area contributed by atoms with Gasteiger partial charge in [0.05, 0.1) is 33.5 Å². The number of methoxy groups -OCH3 is 2. The molecule has 10 N–H and O–H groups in total. The van der Waals surface area contributed by atoms with E-state index in [1.54, 1.807) is 20.8 Å². The lowest BCUT2D eigenvalue weighted by molar-refractivity contribution is -0.146. The van der Waals surface area contributed by atoms with E-state index in [0.29, 0.717) is 50.4 Å². The van der Waals surface area contributed by atoms with Crippen LogP contribution >= 0.6 is 0 Å². The number of esters is 2. The van der Waals surface area contributed by atoms with E-state index in [9.17, 15) is 79.1 Å². The summed E-state index contributed by atoms with van der Waals surface area (Å²) in [5, 5.41) is 25.4. The lowest BCUT2D eigenvalue weighted by atomic mass is 10.0. The topological polar surface area (TPSA) is 346 Å². The Morgan fingerprint density at radius 1 is 0.506 bits per heavy atom. The Morgan fingerprint density at radius 2 is 0.854 bits per heavy atom. The number of amides is 8. The van der Waals surface area contributed by atoms with Crippen LogP contribution in [0.3, 0.4) is 0 Å². The summed E-state index contributed by atoms with van der Waals surface area (Å²) >= 11 is 0. The number of hydrogen-bond acceptors (Lipinski definition) is 14. The fourth-order valence-corrected chi connectivity index (χ4v) is 7.39. The van der Waals surface area contributed by atoms with Crippen LogP contribution in [0.5, 0.6) is 0 Å². The highest BCUT2D eigenvalue weighted by atomic mass is 19.2. The highest BCUT2D eigenvalue weighted by Crippen LogP contribution is 2.13. The molecule has 0 aliphatic rings. The molecule has 89 heavy (non-hydrogen) atoms. The quantitative estimate of drug-likeness (QED) is 0.0182. The minimum Gasteiger partial charge on any atom is -0.480 e. The van der Waals surface area contributed by atoms with E-state index < -0.39 is 137 Å². The van der Waals surface area contributed by atoms with E-state index in [4.69, 9.17) is 19.3 Å². The van der Waals surface area contributed by atoms with E-state index >= 15 is 0 Å². The minimum atomic E-state index is -1.21. The maximum atomic E-state index is 13.3. The Bertz CT molecular complexity index is 2980. The second-order valence-electron chi connectivity index (χ2n) is 20.6. The molecule has 0 saturated heterocycles. The van der Waals surface area contributed by atoms with Crippen LogP contribution in [-0.2, 0) is 87.8 Å². The van der Waals surface area contributed by atoms with Crippen LogP contribution < -0.4 is 43.0 Å². The summed E-state index contributed by atoms with van der Waals surface area (Å²) in [7, 11) is 2.42. The molecule has 0 saturated carbocycles. The van der Waals surface area contributed by atoms with Gasteiger partial charge in [-0.25, -0.2) is 40.7 Å². The summed E-state index contributed by atoms with van der Waals surface area (Å²) in [5.74, 6) is -11.3. The lowest BCUT2D eigenvalue weighted by Crippen LogP contribution is -2.51. The van der Waals surface area contributed by atoms with Gasteiger partial charge in [0.2, 0.25) is 41.4 Å². The van der Waals surface area contributed by atoms with Gasteiger partial charge in [-0.3, -0.25) is 38.4 Å². The summed E-state index contributed by atoms with van der Waals surface area (Å²) in [6, 6.07) is 13.0. The van der Waals surface area contributed by atoms with Crippen molar-refractivity contribution in [3.8, 4) is 0 Å². The first-order valence-corrected chi connectivity index (χ1v) is 27.4. The second kappa shape index (κ2) is 40.0. The molecule has 0 aliphatic heterocycles. The van der Waals surface area contributed by atoms with Crippen LogP contribution in [-0.4, -0.2) is 134 Å². The monoisotopic (exact) mass is 1260 g/mol. The first kappa shape index (κ1) is 77.4. The molecule has 4 aromatic rings. The Kier molecular flexibility index (Phi) is 34.8. The number of halogens is 6. The van der Waals surface area contributed by atoms with Crippen LogP contribution in [0, 0.1) is 34.9 Å². The molecule has 0 heterocycles. The van der Waals surface area contributed by atoms with Crippen molar-refractivity contribution in [1.29, 1.82) is 0 Å². The highest BCUT2D eigenvalue weighted by molar-refractivity contribution is 5.92. The van der Waals surface area contributed by atoms with Gasteiger partial charge >= 0.3 is 24.0 Å². The zero-order chi connectivity index (χ0) is 67.6. The van der Waals surface area contributed by atoms with Crippen molar-refractivity contribution in [2.45, 2.75) is 136 Å². The van der Waals surface area contributed by atoms with Crippen LogP contribution in [0.15, 0.2) is 84.9 Å². The number of hydrogen-bond donors (Lipinski definition) is 9. The molecule has 0 spiro atoms. The number of benzene rings is 4. The Balaban J connectivity index is 0.000000662. The molecule has 0 aromatic heterocycles. The van der Waals surface area contributed by atoms with Gasteiger partial charge in [-0.2, -0.15) is 0 Å². The fraction of sp³-hybridized carbons (Fsp3) is 0.417. The number of ether oxygens (including phenoxy) is 3. The van der Waals surface area contributed by atoms with Crippen molar-refractivity contribution in [2.75, 3.05) is 27.3 Å². The van der Waals surface area contributed by atoms with Gasteiger partial charge < -0.3 is 62.3 Å². The first-order chi connectivity index (χ1) is 41.6. The number of nitrogens with one attached hydrogen (secondary N) is 7. The minimum absolute atomic E-state index is 0.120. The smallest absolute Gasteiger partial charge is 0.407 e. The normalized spacial score (nSPS) is 12.1. The molecular weight excluding hydrogens is 1190 g/mol. The molecule has 0 bridgehead atoms. The molecule has 4 aromatic carbocycles. The van der Waals surface area contributed by atoms with E-state index in [-0.39, 0.29) is 48.3 Å². The zero-order valence-corrected chi connectivity index (χ0v) is 50.5. The number of aryl methyl sites for hydroxylation is 1. The van der Waals surface area contributed by atoms with E-state index in [0.717, 1.165) is 42.0 Å². The highest BCUT2D eigenvalue weighted by Gasteiger charge is 2.27. The van der Waals surface area contributed by atoms with Crippen LogP contribution in [0.4, 0.5) is 31.1 Å². The molecular formula is C60H76F6N8O15.